The second-order valence-electron chi connectivity index (χ2n) is 7.44. The fourth-order valence-corrected chi connectivity index (χ4v) is 3.02. The molecule has 1 rings (SSSR count). The Hall–Kier alpha value is -0.930. The zero-order valence-electron chi connectivity index (χ0n) is 17.8. The number of guanidine groups is 1. The van der Waals surface area contributed by atoms with E-state index in [1.54, 1.807) is 7.05 Å². The average molecular weight is 493 g/mol. The summed E-state index contributed by atoms with van der Waals surface area (Å²) in [5.41, 5.74) is 1.75. The number of rotatable bonds is 9. The van der Waals surface area contributed by atoms with Crippen molar-refractivity contribution in [3.05, 3.63) is 35.1 Å². The van der Waals surface area contributed by atoms with Gasteiger partial charge in [0.05, 0.1) is 0 Å². The summed E-state index contributed by atoms with van der Waals surface area (Å²) in [5.74, 6) is 0.600. The van der Waals surface area contributed by atoms with E-state index in [1.807, 2.05) is 31.1 Å². The Labute approximate surface area is 181 Å². The van der Waals surface area contributed by atoms with E-state index in [0.717, 1.165) is 24.6 Å². The monoisotopic (exact) mass is 493 g/mol. The van der Waals surface area contributed by atoms with Gasteiger partial charge in [-0.15, -0.1) is 24.0 Å². The first kappa shape index (κ1) is 26.1. The van der Waals surface area contributed by atoms with Crippen LogP contribution >= 0.6 is 24.0 Å². The summed E-state index contributed by atoms with van der Waals surface area (Å²) in [6.07, 6.45) is 0. The first-order chi connectivity index (χ1) is 12.2. The Morgan fingerprint density at radius 1 is 1.11 bits per heavy atom. The van der Waals surface area contributed by atoms with E-state index < -0.39 is 0 Å². The topological polar surface area (TPSA) is 42.9 Å². The van der Waals surface area contributed by atoms with Gasteiger partial charge in [-0.25, -0.2) is 4.39 Å². The van der Waals surface area contributed by atoms with E-state index in [4.69, 9.17) is 0 Å². The molecular weight excluding hydrogens is 456 g/mol. The van der Waals surface area contributed by atoms with Crippen LogP contribution < -0.4 is 10.6 Å². The van der Waals surface area contributed by atoms with E-state index in [-0.39, 0.29) is 29.8 Å². The van der Waals surface area contributed by atoms with Gasteiger partial charge in [-0.3, -0.25) is 9.89 Å². The Kier molecular flexibility index (Phi) is 12.8. The summed E-state index contributed by atoms with van der Waals surface area (Å²) in [4.78, 5) is 8.67. The minimum atomic E-state index is -0.160. The van der Waals surface area contributed by atoms with Gasteiger partial charge >= 0.3 is 0 Å². The van der Waals surface area contributed by atoms with Crippen LogP contribution in [0.2, 0.25) is 0 Å². The lowest BCUT2D eigenvalue weighted by Crippen LogP contribution is -2.45. The van der Waals surface area contributed by atoms with Crippen molar-refractivity contribution in [3.8, 4) is 0 Å². The molecule has 0 aliphatic rings. The minimum Gasteiger partial charge on any atom is -0.355 e. The van der Waals surface area contributed by atoms with Crippen LogP contribution in [0.15, 0.2) is 23.2 Å². The standard InChI is InChI=1S/C20H36FN5.HI/c1-15(2)26(16(3)4)11-10-23-20(22-5)24-13-17-8-9-19(21)18(12-17)14-25(6)7;/h8-9,12,15-16H,10-11,13-14H2,1-7H3,(H2,22,23,24);1H. The number of hydrogen-bond acceptors (Lipinski definition) is 3. The van der Waals surface area contributed by atoms with Gasteiger partial charge < -0.3 is 15.5 Å². The highest BCUT2D eigenvalue weighted by Crippen LogP contribution is 2.12. The van der Waals surface area contributed by atoms with Crippen molar-refractivity contribution in [1.82, 2.24) is 20.4 Å². The number of hydrogen-bond donors (Lipinski definition) is 2. The number of nitrogens with one attached hydrogen (secondary N) is 2. The molecule has 2 N–H and O–H groups in total. The third-order valence-electron chi connectivity index (χ3n) is 4.27. The van der Waals surface area contributed by atoms with E-state index in [2.05, 4.69) is 48.2 Å². The SMILES string of the molecule is CN=C(NCCN(C(C)C)C(C)C)NCc1ccc(F)c(CN(C)C)c1.I. The van der Waals surface area contributed by atoms with Gasteiger partial charge in [0.15, 0.2) is 5.96 Å². The maximum atomic E-state index is 13.9. The van der Waals surface area contributed by atoms with Crippen molar-refractivity contribution in [2.24, 2.45) is 4.99 Å². The Morgan fingerprint density at radius 3 is 2.26 bits per heavy atom. The maximum absolute atomic E-state index is 13.9. The number of benzene rings is 1. The van der Waals surface area contributed by atoms with Crippen LogP contribution in [0.3, 0.4) is 0 Å². The number of nitrogens with zero attached hydrogens (tertiary/aromatic N) is 3. The molecule has 0 aliphatic heterocycles. The molecule has 0 radical (unpaired) electrons. The smallest absolute Gasteiger partial charge is 0.191 e. The molecule has 0 amide bonds. The molecule has 0 unspecified atom stereocenters. The van der Waals surface area contributed by atoms with Gasteiger partial charge in [-0.05, 0) is 59.5 Å². The van der Waals surface area contributed by atoms with Crippen LogP contribution in [-0.2, 0) is 13.1 Å². The van der Waals surface area contributed by atoms with Gasteiger partial charge in [-0.1, -0.05) is 6.07 Å². The predicted octanol–water partition coefficient (Wildman–Crippen LogP) is 3.29. The van der Waals surface area contributed by atoms with Crippen molar-refractivity contribution in [1.29, 1.82) is 0 Å². The summed E-state index contributed by atoms with van der Waals surface area (Å²) in [6.45, 7) is 11.8. The van der Waals surface area contributed by atoms with Gasteiger partial charge in [0, 0.05) is 50.9 Å². The summed E-state index contributed by atoms with van der Waals surface area (Å²) in [6, 6.07) is 6.29. The molecule has 0 heterocycles. The van der Waals surface area contributed by atoms with Crippen LogP contribution in [-0.4, -0.2) is 62.1 Å². The molecule has 0 fully saturated rings. The molecular formula is C20H37FIN5. The average Bonchev–Trinajstić information content (AvgIpc) is 2.55. The van der Waals surface area contributed by atoms with E-state index in [9.17, 15) is 4.39 Å². The van der Waals surface area contributed by atoms with Crippen molar-refractivity contribution < 1.29 is 4.39 Å². The fraction of sp³-hybridized carbons (Fsp3) is 0.650. The Bertz CT molecular complexity index is 567. The van der Waals surface area contributed by atoms with Gasteiger partial charge in [0.1, 0.15) is 5.82 Å². The third kappa shape index (κ3) is 9.71. The van der Waals surface area contributed by atoms with Crippen molar-refractivity contribution in [2.45, 2.75) is 52.9 Å². The van der Waals surface area contributed by atoms with Gasteiger partial charge in [0.25, 0.3) is 0 Å². The maximum Gasteiger partial charge on any atom is 0.191 e. The molecule has 1 aromatic rings. The lowest BCUT2D eigenvalue weighted by molar-refractivity contribution is 0.178. The summed E-state index contributed by atoms with van der Waals surface area (Å²) in [5, 5.41) is 6.66. The largest absolute Gasteiger partial charge is 0.355 e. The first-order valence-electron chi connectivity index (χ1n) is 9.36. The summed E-state index contributed by atoms with van der Waals surface area (Å²) < 4.78 is 13.9. The minimum absolute atomic E-state index is 0. The highest BCUT2D eigenvalue weighted by molar-refractivity contribution is 14.0. The normalized spacial score (nSPS) is 12.1. The second-order valence-corrected chi connectivity index (χ2v) is 7.44. The molecule has 0 aromatic heterocycles. The van der Waals surface area contributed by atoms with Crippen molar-refractivity contribution in [2.75, 3.05) is 34.2 Å². The van der Waals surface area contributed by atoms with Crippen LogP contribution in [0, 0.1) is 5.82 Å². The molecule has 0 spiro atoms. The lowest BCUT2D eigenvalue weighted by atomic mass is 10.1. The molecule has 0 atom stereocenters. The zero-order valence-corrected chi connectivity index (χ0v) is 20.2. The molecule has 1 aromatic carbocycles. The molecule has 0 bridgehead atoms. The number of halogens is 2. The van der Waals surface area contributed by atoms with Crippen LogP contribution in [0.25, 0.3) is 0 Å². The molecule has 0 saturated heterocycles. The van der Waals surface area contributed by atoms with Crippen LogP contribution in [0.1, 0.15) is 38.8 Å². The zero-order chi connectivity index (χ0) is 19.7. The third-order valence-corrected chi connectivity index (χ3v) is 4.27. The summed E-state index contributed by atoms with van der Waals surface area (Å²) >= 11 is 0. The Balaban J connectivity index is 0.00000676. The van der Waals surface area contributed by atoms with Crippen LogP contribution in [0.4, 0.5) is 4.39 Å². The molecule has 156 valence electrons. The van der Waals surface area contributed by atoms with E-state index in [0.29, 0.717) is 30.7 Å². The second kappa shape index (κ2) is 13.3. The van der Waals surface area contributed by atoms with Gasteiger partial charge in [0.2, 0.25) is 0 Å². The lowest BCUT2D eigenvalue weighted by Gasteiger charge is -2.30. The molecule has 5 nitrogen and oxygen atoms in total. The van der Waals surface area contributed by atoms with Gasteiger partial charge in [-0.2, -0.15) is 0 Å². The quantitative estimate of drug-likeness (QED) is 0.315. The first-order valence-corrected chi connectivity index (χ1v) is 9.36. The molecule has 0 aliphatic carbocycles. The highest BCUT2D eigenvalue weighted by atomic mass is 127. The molecule has 27 heavy (non-hydrogen) atoms. The predicted molar refractivity (Wildman–Crippen MR) is 124 cm³/mol. The summed E-state index contributed by atoms with van der Waals surface area (Å²) in [7, 11) is 5.64. The molecule has 7 heteroatoms. The number of aliphatic imine (C=N–C) groups is 1. The van der Waals surface area contributed by atoms with E-state index in [1.165, 1.54) is 6.07 Å². The van der Waals surface area contributed by atoms with Crippen LogP contribution in [0.5, 0.6) is 0 Å². The van der Waals surface area contributed by atoms with Crippen molar-refractivity contribution >= 4 is 29.9 Å². The molecule has 0 saturated carbocycles. The highest BCUT2D eigenvalue weighted by Gasteiger charge is 2.12. The Morgan fingerprint density at radius 2 is 1.74 bits per heavy atom. The fourth-order valence-electron chi connectivity index (χ4n) is 3.02. The van der Waals surface area contributed by atoms with Crippen molar-refractivity contribution in [3.63, 3.8) is 0 Å². The van der Waals surface area contributed by atoms with E-state index >= 15 is 0 Å².